The van der Waals surface area contributed by atoms with Crippen molar-refractivity contribution in [2.24, 2.45) is 47.3 Å². The molecule has 0 spiro atoms. The van der Waals surface area contributed by atoms with E-state index in [0.717, 1.165) is 101 Å². The van der Waals surface area contributed by atoms with Crippen LogP contribution in [0.3, 0.4) is 0 Å². The summed E-state index contributed by atoms with van der Waals surface area (Å²) in [7, 11) is 0. The second-order valence-corrected chi connectivity index (χ2v) is 26.3. The largest absolute Gasteiger partial charge is 0.462 e. The molecule has 73 heavy (non-hydrogen) atoms. The normalized spacial score (nSPS) is 16.2. The van der Waals surface area contributed by atoms with Gasteiger partial charge in [-0.3, -0.25) is 14.5 Å². The summed E-state index contributed by atoms with van der Waals surface area (Å²) in [6, 6.07) is 0. The van der Waals surface area contributed by atoms with Gasteiger partial charge in [-0.1, -0.05) is 199 Å². The quantitative estimate of drug-likeness (QED) is 0.0444. The summed E-state index contributed by atoms with van der Waals surface area (Å²) < 4.78 is 18.1. The van der Waals surface area contributed by atoms with E-state index in [4.69, 9.17) is 14.2 Å². The molecule has 1 aliphatic rings. The second kappa shape index (κ2) is 46.9. The van der Waals surface area contributed by atoms with Gasteiger partial charge in [0.05, 0.1) is 13.2 Å². The van der Waals surface area contributed by atoms with Crippen molar-refractivity contribution >= 4 is 11.9 Å². The van der Waals surface area contributed by atoms with Gasteiger partial charge in [-0.05, 0) is 163 Å². The monoisotopic (exact) mass is 1030 g/mol. The van der Waals surface area contributed by atoms with E-state index >= 15 is 0 Å². The van der Waals surface area contributed by atoms with E-state index in [9.17, 15) is 9.59 Å². The number of carbonyl (C=O) groups is 2. The lowest BCUT2D eigenvalue weighted by Crippen LogP contribution is -2.37. The molecule has 0 radical (unpaired) electrons. The van der Waals surface area contributed by atoms with Crippen molar-refractivity contribution in [3.63, 3.8) is 0 Å². The first kappa shape index (κ1) is 69.8. The van der Waals surface area contributed by atoms with E-state index in [2.05, 4.69) is 92.9 Å². The molecule has 0 saturated carbocycles. The van der Waals surface area contributed by atoms with Crippen LogP contribution in [-0.2, 0) is 23.8 Å². The molecular formula is C66H130N2O5. The Morgan fingerprint density at radius 1 is 0.370 bits per heavy atom. The van der Waals surface area contributed by atoms with E-state index in [0.29, 0.717) is 36.5 Å². The molecule has 1 saturated heterocycles. The van der Waals surface area contributed by atoms with Crippen LogP contribution in [0.1, 0.15) is 301 Å². The summed E-state index contributed by atoms with van der Waals surface area (Å²) in [5.41, 5.74) is 0. The van der Waals surface area contributed by atoms with Crippen LogP contribution >= 0.6 is 0 Å². The van der Waals surface area contributed by atoms with E-state index in [1.165, 1.54) is 180 Å². The van der Waals surface area contributed by atoms with Gasteiger partial charge < -0.3 is 19.1 Å². The van der Waals surface area contributed by atoms with Crippen LogP contribution in [-0.4, -0.2) is 86.4 Å². The number of hydrogen-bond donors (Lipinski definition) is 0. The minimum absolute atomic E-state index is 0.0354. The van der Waals surface area contributed by atoms with Gasteiger partial charge >= 0.3 is 11.9 Å². The van der Waals surface area contributed by atoms with Gasteiger partial charge in [0.25, 0.3) is 0 Å². The molecule has 1 fully saturated rings. The van der Waals surface area contributed by atoms with Crippen molar-refractivity contribution in [1.82, 2.24) is 9.80 Å². The first-order chi connectivity index (χ1) is 35.0. The van der Waals surface area contributed by atoms with Crippen LogP contribution in [0.4, 0.5) is 0 Å². The Morgan fingerprint density at radius 2 is 0.671 bits per heavy atom. The van der Waals surface area contributed by atoms with Gasteiger partial charge in [-0.25, -0.2) is 0 Å². The second-order valence-electron chi connectivity index (χ2n) is 26.3. The zero-order valence-electron chi connectivity index (χ0n) is 51.4. The fraction of sp³-hybridized carbons (Fsp3) is 0.970. The van der Waals surface area contributed by atoms with E-state index in [1.54, 1.807) is 0 Å². The van der Waals surface area contributed by atoms with Gasteiger partial charge in [-0.2, -0.15) is 0 Å². The van der Waals surface area contributed by atoms with E-state index in [-0.39, 0.29) is 24.1 Å². The maximum Gasteiger partial charge on any atom is 0.306 e. The van der Waals surface area contributed by atoms with Crippen molar-refractivity contribution in [1.29, 1.82) is 0 Å². The lowest BCUT2D eigenvalue weighted by molar-refractivity contribution is -0.151. The summed E-state index contributed by atoms with van der Waals surface area (Å²) in [5, 5.41) is 0. The Bertz CT molecular complexity index is 1110. The number of rotatable bonds is 51. The molecule has 4 atom stereocenters. The summed E-state index contributed by atoms with van der Waals surface area (Å²) in [4.78, 5) is 31.7. The summed E-state index contributed by atoms with van der Waals surface area (Å²) >= 11 is 0. The highest BCUT2D eigenvalue weighted by Crippen LogP contribution is 2.26. The van der Waals surface area contributed by atoms with E-state index < -0.39 is 0 Å². The topological polar surface area (TPSA) is 68.3 Å². The smallest absolute Gasteiger partial charge is 0.306 e. The van der Waals surface area contributed by atoms with Crippen LogP contribution in [0.15, 0.2) is 0 Å². The molecule has 0 aliphatic carbocycles. The zero-order chi connectivity index (χ0) is 53.9. The Labute approximate surface area is 457 Å². The number of morpholine rings is 1. The zero-order valence-corrected chi connectivity index (χ0v) is 51.4. The fourth-order valence-electron chi connectivity index (χ4n) is 11.1. The molecule has 7 heteroatoms. The minimum atomic E-state index is 0.0354. The third-order valence-electron chi connectivity index (χ3n) is 16.4. The van der Waals surface area contributed by atoms with Crippen LogP contribution in [0, 0.1) is 47.3 Å². The van der Waals surface area contributed by atoms with Gasteiger partial charge in [-0.15, -0.1) is 0 Å². The molecule has 434 valence electrons. The Morgan fingerprint density at radius 3 is 1.00 bits per heavy atom. The molecule has 0 N–H and O–H groups in total. The Kier molecular flexibility index (Phi) is 44.8. The van der Waals surface area contributed by atoms with Crippen LogP contribution in [0.2, 0.25) is 0 Å². The van der Waals surface area contributed by atoms with Crippen molar-refractivity contribution in [3.05, 3.63) is 0 Å². The molecule has 4 unspecified atom stereocenters. The van der Waals surface area contributed by atoms with Gasteiger partial charge in [0.2, 0.25) is 0 Å². The molecule has 0 aromatic carbocycles. The first-order valence-electron chi connectivity index (χ1n) is 32.4. The molecule has 1 heterocycles. The van der Waals surface area contributed by atoms with Crippen molar-refractivity contribution < 1.29 is 23.8 Å². The number of unbranched alkanes of at least 4 members (excludes halogenated alkanes) is 9. The number of nitrogens with zero attached hydrogens (tertiary/aromatic N) is 2. The third kappa shape index (κ3) is 45.5. The SMILES string of the molecule is CC(C)CCCC(C)CCC(CCC(C)CCCC(C)C)OC(=O)CCCCCCCN(CCCCCCCC(=O)OC(CCC(C)CCCC(C)C)CCC(C)CCCC(C)C)CCCCN1CCOCC1. The number of esters is 2. The molecule has 0 bridgehead atoms. The molecule has 1 rings (SSSR count). The Balaban J connectivity index is 2.54. The van der Waals surface area contributed by atoms with Gasteiger partial charge in [0, 0.05) is 25.9 Å². The van der Waals surface area contributed by atoms with Crippen LogP contribution < -0.4 is 0 Å². The number of carbonyl (C=O) groups excluding carboxylic acids is 2. The van der Waals surface area contributed by atoms with Gasteiger partial charge in [0.1, 0.15) is 12.2 Å². The van der Waals surface area contributed by atoms with Crippen molar-refractivity contribution in [3.8, 4) is 0 Å². The average Bonchev–Trinajstić information content (AvgIpc) is 3.33. The lowest BCUT2D eigenvalue weighted by Gasteiger charge is -2.27. The fourth-order valence-corrected chi connectivity index (χ4v) is 11.1. The average molecular weight is 1030 g/mol. The highest BCUT2D eigenvalue weighted by atomic mass is 16.5. The van der Waals surface area contributed by atoms with Crippen LogP contribution in [0.25, 0.3) is 0 Å². The summed E-state index contributed by atoms with van der Waals surface area (Å²) in [6.07, 6.45) is 39.6. The standard InChI is InChI=1S/C66H130N2O5/c1-55(2)29-25-33-59(9)39-43-63(44-40-60(10)34-26-30-56(3)4)72-65(69)37-19-15-13-17-21-47-67(49-23-24-50-68-51-53-71-54-52-68)48-22-18-14-16-20-38-66(70)73-64(45-41-61(11)35-27-31-57(5)6)46-42-62(12)36-28-32-58(7)8/h55-64H,13-54H2,1-12H3. The minimum Gasteiger partial charge on any atom is -0.462 e. The lowest BCUT2D eigenvalue weighted by atomic mass is 9.91. The molecule has 0 aromatic heterocycles. The van der Waals surface area contributed by atoms with E-state index in [1.807, 2.05) is 0 Å². The van der Waals surface area contributed by atoms with Crippen molar-refractivity contribution in [2.75, 3.05) is 52.5 Å². The highest BCUT2D eigenvalue weighted by molar-refractivity contribution is 5.69. The van der Waals surface area contributed by atoms with Crippen molar-refractivity contribution in [2.45, 2.75) is 314 Å². The maximum absolute atomic E-state index is 13.2. The highest BCUT2D eigenvalue weighted by Gasteiger charge is 2.20. The third-order valence-corrected chi connectivity index (χ3v) is 16.4. The van der Waals surface area contributed by atoms with Gasteiger partial charge in [0.15, 0.2) is 0 Å². The molecule has 0 aromatic rings. The maximum atomic E-state index is 13.2. The van der Waals surface area contributed by atoms with Crippen LogP contribution in [0.5, 0.6) is 0 Å². The first-order valence-corrected chi connectivity index (χ1v) is 32.4. The predicted molar refractivity (Wildman–Crippen MR) is 316 cm³/mol. The number of ether oxygens (including phenoxy) is 3. The molecule has 0 amide bonds. The summed E-state index contributed by atoms with van der Waals surface area (Å²) in [6.45, 7) is 36.8. The summed E-state index contributed by atoms with van der Waals surface area (Å²) in [5.74, 6) is 5.96. The predicted octanol–water partition coefficient (Wildman–Crippen LogP) is 18.9. The molecular weight excluding hydrogens is 901 g/mol. The molecule has 1 aliphatic heterocycles. The Hall–Kier alpha value is -1.18. The molecule has 7 nitrogen and oxygen atoms in total. The number of hydrogen-bond acceptors (Lipinski definition) is 7.